The summed E-state index contributed by atoms with van der Waals surface area (Å²) in [7, 11) is 0. The molecule has 0 bridgehead atoms. The van der Waals surface area contributed by atoms with E-state index in [1.54, 1.807) is 0 Å². The molecule has 0 aliphatic heterocycles. The first kappa shape index (κ1) is 22.3. The number of amides is 1. The molecular formula is C21H30IN5O. The van der Waals surface area contributed by atoms with Crippen molar-refractivity contribution in [3.8, 4) is 0 Å². The lowest BCUT2D eigenvalue weighted by molar-refractivity contribution is -0.122. The van der Waals surface area contributed by atoms with Crippen LogP contribution < -0.4 is 16.0 Å². The lowest BCUT2D eigenvalue weighted by Gasteiger charge is -2.24. The van der Waals surface area contributed by atoms with Gasteiger partial charge < -0.3 is 20.5 Å². The van der Waals surface area contributed by atoms with Crippen LogP contribution in [0.1, 0.15) is 31.7 Å². The van der Waals surface area contributed by atoms with Crippen LogP contribution in [0, 0.1) is 5.92 Å². The average molecular weight is 495 g/mol. The predicted molar refractivity (Wildman–Crippen MR) is 125 cm³/mol. The molecule has 0 radical (unpaired) electrons. The highest BCUT2D eigenvalue weighted by molar-refractivity contribution is 14.0. The highest BCUT2D eigenvalue weighted by atomic mass is 127. The van der Waals surface area contributed by atoms with E-state index in [1.807, 2.05) is 36.4 Å². The molecule has 3 N–H and O–H groups in total. The minimum Gasteiger partial charge on any atom is -0.357 e. The van der Waals surface area contributed by atoms with Crippen LogP contribution in [-0.4, -0.2) is 29.5 Å². The summed E-state index contributed by atoms with van der Waals surface area (Å²) in [4.78, 5) is 16.8. The van der Waals surface area contributed by atoms with Crippen LogP contribution in [0.2, 0.25) is 0 Å². The summed E-state index contributed by atoms with van der Waals surface area (Å²) < 4.78 is 2.13. The molecule has 1 aromatic carbocycles. The molecule has 7 heteroatoms. The van der Waals surface area contributed by atoms with E-state index in [1.165, 1.54) is 0 Å². The van der Waals surface area contributed by atoms with E-state index in [9.17, 15) is 4.79 Å². The van der Waals surface area contributed by atoms with Gasteiger partial charge >= 0.3 is 0 Å². The van der Waals surface area contributed by atoms with Crippen LogP contribution >= 0.6 is 24.0 Å². The van der Waals surface area contributed by atoms with E-state index in [-0.39, 0.29) is 35.8 Å². The third-order valence-corrected chi connectivity index (χ3v) is 4.76. The van der Waals surface area contributed by atoms with E-state index >= 15 is 0 Å². The molecule has 1 aliphatic rings. The highest BCUT2D eigenvalue weighted by Crippen LogP contribution is 2.27. The largest absolute Gasteiger partial charge is 0.357 e. The van der Waals surface area contributed by atoms with Crippen molar-refractivity contribution in [2.75, 3.05) is 18.4 Å². The molecule has 152 valence electrons. The molecule has 28 heavy (non-hydrogen) atoms. The Morgan fingerprint density at radius 3 is 2.64 bits per heavy atom. The highest BCUT2D eigenvalue weighted by Gasteiger charge is 2.25. The second-order valence-electron chi connectivity index (χ2n) is 6.86. The van der Waals surface area contributed by atoms with Gasteiger partial charge in [0, 0.05) is 43.6 Å². The number of carbonyl (C=O) groups excluding carboxylic acids is 1. The molecular weight excluding hydrogens is 465 g/mol. The summed E-state index contributed by atoms with van der Waals surface area (Å²) in [5.41, 5.74) is 1.93. The van der Waals surface area contributed by atoms with Crippen molar-refractivity contribution in [3.05, 3.63) is 54.4 Å². The first-order valence-electron chi connectivity index (χ1n) is 9.77. The second-order valence-corrected chi connectivity index (χ2v) is 6.86. The SMILES string of the molecule is CCNC(=NCc1cccc(NC(=O)C2CCC2)c1)NCCn1cccc1.I. The van der Waals surface area contributed by atoms with E-state index < -0.39 is 0 Å². The molecule has 2 aromatic rings. The van der Waals surface area contributed by atoms with Gasteiger partial charge in [0.05, 0.1) is 6.54 Å². The number of rotatable bonds is 8. The van der Waals surface area contributed by atoms with Crippen LogP contribution in [-0.2, 0) is 17.9 Å². The zero-order valence-corrected chi connectivity index (χ0v) is 18.7. The summed E-state index contributed by atoms with van der Waals surface area (Å²) in [6, 6.07) is 12.0. The molecule has 1 aromatic heterocycles. The maximum Gasteiger partial charge on any atom is 0.227 e. The van der Waals surface area contributed by atoms with Gasteiger partial charge in [-0.25, -0.2) is 4.99 Å². The minimum absolute atomic E-state index is 0. The number of nitrogens with one attached hydrogen (secondary N) is 3. The van der Waals surface area contributed by atoms with Crippen LogP contribution in [0.5, 0.6) is 0 Å². The number of hydrogen-bond acceptors (Lipinski definition) is 2. The Balaban J connectivity index is 0.00000280. The summed E-state index contributed by atoms with van der Waals surface area (Å²) in [6.45, 7) is 5.12. The lowest BCUT2D eigenvalue weighted by Crippen LogP contribution is -2.38. The number of halogens is 1. The minimum atomic E-state index is 0. The van der Waals surface area contributed by atoms with Gasteiger partial charge in [0.1, 0.15) is 0 Å². The Morgan fingerprint density at radius 2 is 1.96 bits per heavy atom. The van der Waals surface area contributed by atoms with Crippen LogP contribution in [0.3, 0.4) is 0 Å². The number of benzene rings is 1. The Kier molecular flexibility index (Phi) is 9.33. The van der Waals surface area contributed by atoms with Gasteiger partial charge in [0.15, 0.2) is 5.96 Å². The molecule has 1 aliphatic carbocycles. The Morgan fingerprint density at radius 1 is 1.18 bits per heavy atom. The van der Waals surface area contributed by atoms with Gasteiger partial charge in [-0.3, -0.25) is 4.79 Å². The van der Waals surface area contributed by atoms with E-state index in [4.69, 9.17) is 0 Å². The predicted octanol–water partition coefficient (Wildman–Crippen LogP) is 3.60. The summed E-state index contributed by atoms with van der Waals surface area (Å²) in [5, 5.41) is 9.65. The smallest absolute Gasteiger partial charge is 0.227 e. The molecule has 1 saturated carbocycles. The van der Waals surface area contributed by atoms with Gasteiger partial charge in [-0.1, -0.05) is 18.6 Å². The van der Waals surface area contributed by atoms with Crippen LogP contribution in [0.15, 0.2) is 53.8 Å². The van der Waals surface area contributed by atoms with Gasteiger partial charge in [-0.2, -0.15) is 0 Å². The third kappa shape index (κ3) is 6.85. The van der Waals surface area contributed by atoms with Gasteiger partial charge in [-0.05, 0) is 49.6 Å². The molecule has 1 amide bonds. The fraction of sp³-hybridized carbons (Fsp3) is 0.429. The zero-order chi connectivity index (χ0) is 18.9. The molecule has 0 spiro atoms. The van der Waals surface area contributed by atoms with Crippen molar-refractivity contribution in [1.82, 2.24) is 15.2 Å². The topological polar surface area (TPSA) is 70.4 Å². The number of aromatic nitrogens is 1. The average Bonchev–Trinajstić information content (AvgIpc) is 3.12. The van der Waals surface area contributed by atoms with Crippen molar-refractivity contribution in [1.29, 1.82) is 0 Å². The summed E-state index contributed by atoms with van der Waals surface area (Å²) in [5.74, 6) is 1.13. The number of guanidine groups is 1. The fourth-order valence-electron chi connectivity index (χ4n) is 3.00. The quantitative estimate of drug-likeness (QED) is 0.298. The maximum absolute atomic E-state index is 12.1. The standard InChI is InChI=1S/C21H29N5O.HI/c1-2-22-21(23-11-14-26-12-3-4-13-26)24-16-17-7-5-10-19(15-17)25-20(27)18-8-6-9-18;/h3-5,7,10,12-13,15,18H,2,6,8-9,11,14,16H2,1H3,(H,25,27)(H2,22,23,24);1H. The Labute approximate surface area is 184 Å². The van der Waals surface area contributed by atoms with Gasteiger partial charge in [-0.15, -0.1) is 24.0 Å². The molecule has 0 atom stereocenters. The van der Waals surface area contributed by atoms with Gasteiger partial charge in [0.25, 0.3) is 0 Å². The first-order chi connectivity index (χ1) is 13.2. The van der Waals surface area contributed by atoms with E-state index in [2.05, 4.69) is 44.8 Å². The molecule has 0 saturated heterocycles. The maximum atomic E-state index is 12.1. The fourth-order valence-corrected chi connectivity index (χ4v) is 3.00. The van der Waals surface area contributed by atoms with Crippen LogP contribution in [0.25, 0.3) is 0 Å². The number of nitrogens with zero attached hydrogens (tertiary/aromatic N) is 2. The molecule has 1 fully saturated rings. The lowest BCUT2D eigenvalue weighted by atomic mass is 9.85. The number of hydrogen-bond donors (Lipinski definition) is 3. The second kappa shape index (κ2) is 11.7. The zero-order valence-electron chi connectivity index (χ0n) is 16.4. The molecule has 6 nitrogen and oxygen atoms in total. The Bertz CT molecular complexity index is 756. The monoisotopic (exact) mass is 495 g/mol. The normalized spacial score (nSPS) is 14.0. The van der Waals surface area contributed by atoms with Crippen molar-refractivity contribution < 1.29 is 4.79 Å². The van der Waals surface area contributed by atoms with Crippen molar-refractivity contribution in [2.24, 2.45) is 10.9 Å². The Hall–Kier alpha value is -2.03. The number of carbonyl (C=O) groups is 1. The van der Waals surface area contributed by atoms with Crippen molar-refractivity contribution in [2.45, 2.75) is 39.3 Å². The molecule has 3 rings (SSSR count). The first-order valence-corrected chi connectivity index (χ1v) is 9.77. The van der Waals surface area contributed by atoms with Crippen LogP contribution in [0.4, 0.5) is 5.69 Å². The van der Waals surface area contributed by atoms with E-state index in [0.717, 1.165) is 56.1 Å². The molecule has 1 heterocycles. The van der Waals surface area contributed by atoms with Crippen molar-refractivity contribution in [3.63, 3.8) is 0 Å². The number of anilines is 1. The summed E-state index contributed by atoms with van der Waals surface area (Å²) >= 11 is 0. The van der Waals surface area contributed by atoms with E-state index in [0.29, 0.717) is 6.54 Å². The molecule has 0 unspecified atom stereocenters. The van der Waals surface area contributed by atoms with Crippen molar-refractivity contribution >= 4 is 41.5 Å². The van der Waals surface area contributed by atoms with Gasteiger partial charge in [0.2, 0.25) is 5.91 Å². The summed E-state index contributed by atoms with van der Waals surface area (Å²) in [6.07, 6.45) is 7.29. The number of aliphatic imine (C=N–C) groups is 1. The third-order valence-electron chi connectivity index (χ3n) is 4.76.